The molecule has 0 radical (unpaired) electrons. The Hall–Kier alpha value is -3.96. The topological polar surface area (TPSA) is 114 Å². The summed E-state index contributed by atoms with van der Waals surface area (Å²) < 4.78 is 54.5. The Labute approximate surface area is 180 Å². The maximum Gasteiger partial charge on any atom is 0.422 e. The van der Waals surface area contributed by atoms with Crippen LogP contribution < -0.4 is 25.3 Å². The van der Waals surface area contributed by atoms with Crippen LogP contribution >= 0.6 is 0 Å². The second-order valence-corrected chi connectivity index (χ2v) is 6.41. The number of methoxy groups -OCH3 is 1. The lowest BCUT2D eigenvalue weighted by Gasteiger charge is -2.09. The van der Waals surface area contributed by atoms with Crippen molar-refractivity contribution in [3.8, 4) is 34.5 Å². The number of aromatic nitrogens is 3. The summed E-state index contributed by atoms with van der Waals surface area (Å²) in [5.74, 6) is 0.722. The summed E-state index contributed by atoms with van der Waals surface area (Å²) in [5.41, 5.74) is 6.62. The molecule has 2 heterocycles. The number of hydrogen-bond acceptors (Lipinski definition) is 6. The predicted octanol–water partition coefficient (Wildman–Crippen LogP) is 2.93. The van der Waals surface area contributed by atoms with Crippen LogP contribution in [0.1, 0.15) is 0 Å². The normalized spacial score (nSPS) is 11.1. The first-order valence-electron chi connectivity index (χ1n) is 9.32. The summed E-state index contributed by atoms with van der Waals surface area (Å²) in [5, 5.41) is 6.55. The van der Waals surface area contributed by atoms with Crippen LogP contribution in [0.3, 0.4) is 0 Å². The maximum absolute atomic E-state index is 12.6. The molecule has 0 saturated carbocycles. The summed E-state index contributed by atoms with van der Waals surface area (Å²) >= 11 is 0. The number of nitrogens with one attached hydrogen (secondary N) is 1. The van der Waals surface area contributed by atoms with E-state index in [0.717, 1.165) is 0 Å². The van der Waals surface area contributed by atoms with E-state index in [1.807, 2.05) is 0 Å². The van der Waals surface area contributed by atoms with Crippen molar-refractivity contribution in [2.24, 2.45) is 5.73 Å². The zero-order chi connectivity index (χ0) is 23.1. The number of nitrogens with two attached hydrogens (primary N) is 1. The van der Waals surface area contributed by atoms with E-state index in [1.54, 1.807) is 36.4 Å². The van der Waals surface area contributed by atoms with Gasteiger partial charge in [-0.2, -0.15) is 13.2 Å². The number of ether oxygens (including phenoxy) is 3. The lowest BCUT2D eigenvalue weighted by molar-refractivity contribution is -0.154. The molecule has 0 aliphatic carbocycles. The third-order valence-electron chi connectivity index (χ3n) is 4.07. The molecule has 9 nitrogen and oxygen atoms in total. The van der Waals surface area contributed by atoms with E-state index in [2.05, 4.69) is 15.4 Å². The van der Waals surface area contributed by atoms with Crippen LogP contribution in [0.5, 0.6) is 17.5 Å². The van der Waals surface area contributed by atoms with Crippen LogP contribution in [0.4, 0.5) is 18.0 Å². The zero-order valence-corrected chi connectivity index (χ0v) is 16.9. The number of nitrogens with zero attached hydrogens (tertiary/aromatic N) is 3. The van der Waals surface area contributed by atoms with Gasteiger partial charge in [0.15, 0.2) is 6.61 Å². The number of amides is 2. The fourth-order valence-corrected chi connectivity index (χ4v) is 2.67. The second kappa shape index (κ2) is 9.90. The number of rotatable bonds is 9. The van der Waals surface area contributed by atoms with Crippen molar-refractivity contribution in [2.75, 3.05) is 26.9 Å². The standard InChI is InChI=1S/C20H20F3N5O4/c1-30-17-7-4-14(11-26-17)28-16(10-18(27-28)32-12-20(21,22)23)13-2-5-15(6-3-13)31-9-8-25-19(24)29/h2-7,10-11H,8-9,12H2,1H3,(H3,24,25,29). The van der Waals surface area contributed by atoms with Gasteiger partial charge in [0.2, 0.25) is 11.8 Å². The fraction of sp³-hybridized carbons (Fsp3) is 0.250. The highest BCUT2D eigenvalue weighted by Crippen LogP contribution is 2.29. The molecular weight excluding hydrogens is 431 g/mol. The van der Waals surface area contributed by atoms with E-state index in [0.29, 0.717) is 28.6 Å². The highest BCUT2D eigenvalue weighted by atomic mass is 19.4. The number of pyridine rings is 1. The number of primary amides is 1. The molecule has 0 fully saturated rings. The predicted molar refractivity (Wildman–Crippen MR) is 108 cm³/mol. The first-order chi connectivity index (χ1) is 15.2. The Morgan fingerprint density at radius 3 is 2.47 bits per heavy atom. The Balaban J connectivity index is 1.84. The number of urea groups is 1. The van der Waals surface area contributed by atoms with E-state index < -0.39 is 18.8 Å². The minimum Gasteiger partial charge on any atom is -0.492 e. The highest BCUT2D eigenvalue weighted by molar-refractivity contribution is 5.71. The van der Waals surface area contributed by atoms with Gasteiger partial charge in [-0.25, -0.2) is 14.5 Å². The van der Waals surface area contributed by atoms with E-state index >= 15 is 0 Å². The van der Waals surface area contributed by atoms with Crippen LogP contribution in [0.15, 0.2) is 48.7 Å². The van der Waals surface area contributed by atoms with Crippen molar-refractivity contribution in [1.82, 2.24) is 20.1 Å². The monoisotopic (exact) mass is 451 g/mol. The molecular formula is C20H20F3N5O4. The molecule has 0 aliphatic rings. The second-order valence-electron chi connectivity index (χ2n) is 6.41. The highest BCUT2D eigenvalue weighted by Gasteiger charge is 2.29. The van der Waals surface area contributed by atoms with Crippen molar-refractivity contribution >= 4 is 6.03 Å². The molecule has 0 saturated heterocycles. The summed E-state index contributed by atoms with van der Waals surface area (Å²) in [7, 11) is 1.47. The number of carbonyl (C=O) groups excluding carboxylic acids is 1. The van der Waals surface area contributed by atoms with Gasteiger partial charge in [0.1, 0.15) is 12.4 Å². The van der Waals surface area contributed by atoms with Crippen molar-refractivity contribution in [3.63, 3.8) is 0 Å². The molecule has 0 spiro atoms. The molecule has 2 amide bonds. The molecule has 1 aromatic carbocycles. The first-order valence-corrected chi connectivity index (χ1v) is 9.32. The first kappa shape index (κ1) is 22.7. The number of hydrogen-bond donors (Lipinski definition) is 2. The summed E-state index contributed by atoms with van der Waals surface area (Å²) in [6, 6.07) is 10.8. The summed E-state index contributed by atoms with van der Waals surface area (Å²) in [4.78, 5) is 14.8. The van der Waals surface area contributed by atoms with Gasteiger partial charge in [-0.1, -0.05) is 0 Å². The van der Waals surface area contributed by atoms with Gasteiger partial charge in [0.05, 0.1) is 31.2 Å². The number of halogens is 3. The SMILES string of the molecule is COc1ccc(-n2nc(OCC(F)(F)F)cc2-c2ccc(OCCNC(N)=O)cc2)cn1. The Morgan fingerprint density at radius 2 is 1.88 bits per heavy atom. The smallest absolute Gasteiger partial charge is 0.422 e. The molecule has 0 atom stereocenters. The van der Waals surface area contributed by atoms with Crippen LogP contribution in [0, 0.1) is 0 Å². The summed E-state index contributed by atoms with van der Waals surface area (Å²) in [6.07, 6.45) is -3.01. The van der Waals surface area contributed by atoms with Gasteiger partial charge >= 0.3 is 12.2 Å². The Morgan fingerprint density at radius 1 is 1.12 bits per heavy atom. The lowest BCUT2D eigenvalue weighted by atomic mass is 10.1. The molecule has 3 rings (SSSR count). The average molecular weight is 451 g/mol. The van der Waals surface area contributed by atoms with Crippen LogP contribution in [-0.4, -0.2) is 53.8 Å². The van der Waals surface area contributed by atoms with Gasteiger partial charge in [-0.15, -0.1) is 5.10 Å². The molecule has 32 heavy (non-hydrogen) atoms. The van der Waals surface area contributed by atoms with Crippen LogP contribution in [-0.2, 0) is 0 Å². The summed E-state index contributed by atoms with van der Waals surface area (Å²) in [6.45, 7) is -1.00. The molecule has 0 aliphatic heterocycles. The fourth-order valence-electron chi connectivity index (χ4n) is 2.67. The zero-order valence-electron chi connectivity index (χ0n) is 16.9. The molecule has 3 N–H and O–H groups in total. The molecule has 170 valence electrons. The number of alkyl halides is 3. The van der Waals surface area contributed by atoms with Crippen LogP contribution in [0.2, 0.25) is 0 Å². The largest absolute Gasteiger partial charge is 0.492 e. The number of benzene rings is 1. The van der Waals surface area contributed by atoms with Crippen LogP contribution in [0.25, 0.3) is 16.9 Å². The molecule has 12 heteroatoms. The third-order valence-corrected chi connectivity index (χ3v) is 4.07. The minimum absolute atomic E-state index is 0.189. The van der Waals surface area contributed by atoms with Gasteiger partial charge in [-0.3, -0.25) is 0 Å². The van der Waals surface area contributed by atoms with Crippen molar-refractivity contribution in [2.45, 2.75) is 6.18 Å². The van der Waals surface area contributed by atoms with E-state index in [9.17, 15) is 18.0 Å². The Bertz CT molecular complexity index is 1040. The lowest BCUT2D eigenvalue weighted by Crippen LogP contribution is -2.32. The average Bonchev–Trinajstić information content (AvgIpc) is 3.20. The van der Waals surface area contributed by atoms with Gasteiger partial charge in [0, 0.05) is 17.7 Å². The van der Waals surface area contributed by atoms with Crippen molar-refractivity contribution in [3.05, 3.63) is 48.7 Å². The van der Waals surface area contributed by atoms with Gasteiger partial charge in [0.25, 0.3) is 0 Å². The third kappa shape index (κ3) is 6.27. The molecule has 3 aromatic rings. The molecule has 2 aromatic heterocycles. The van der Waals surface area contributed by atoms with Crippen molar-refractivity contribution in [1.29, 1.82) is 0 Å². The number of carbonyl (C=O) groups is 1. The van der Waals surface area contributed by atoms with E-state index in [-0.39, 0.29) is 19.0 Å². The quantitative estimate of drug-likeness (QED) is 0.484. The van der Waals surface area contributed by atoms with Gasteiger partial charge in [-0.05, 0) is 30.3 Å². The maximum atomic E-state index is 12.6. The molecule has 0 unspecified atom stereocenters. The van der Waals surface area contributed by atoms with Crippen molar-refractivity contribution < 1.29 is 32.2 Å². The molecule has 0 bridgehead atoms. The Kier molecular flexibility index (Phi) is 7.03. The van der Waals surface area contributed by atoms with E-state index in [4.69, 9.17) is 19.9 Å². The van der Waals surface area contributed by atoms with Gasteiger partial charge < -0.3 is 25.3 Å². The minimum atomic E-state index is -4.49. The van der Waals surface area contributed by atoms with E-state index in [1.165, 1.54) is 24.1 Å².